The third kappa shape index (κ3) is 3.83. The Morgan fingerprint density at radius 1 is 1.15 bits per heavy atom. The molecule has 1 fully saturated rings. The molecular formula is C17H25NO2. The SMILES string of the molecule is NCC1(C(=O)OCCCc2ccccc2)CCCCC1. The Morgan fingerprint density at radius 3 is 2.50 bits per heavy atom. The van der Waals surface area contributed by atoms with Crippen molar-refractivity contribution in [3.05, 3.63) is 35.9 Å². The molecule has 0 radical (unpaired) electrons. The summed E-state index contributed by atoms with van der Waals surface area (Å²) in [7, 11) is 0. The van der Waals surface area contributed by atoms with Crippen LogP contribution >= 0.6 is 0 Å². The van der Waals surface area contributed by atoms with Crippen LogP contribution in [0.2, 0.25) is 0 Å². The molecule has 2 N–H and O–H groups in total. The highest BCUT2D eigenvalue weighted by molar-refractivity contribution is 5.77. The quantitative estimate of drug-likeness (QED) is 0.641. The molecule has 1 saturated carbocycles. The number of esters is 1. The fraction of sp³-hybridized carbons (Fsp3) is 0.588. The second-order valence-corrected chi connectivity index (χ2v) is 5.77. The number of carbonyl (C=O) groups is 1. The van der Waals surface area contributed by atoms with Crippen molar-refractivity contribution in [1.29, 1.82) is 0 Å². The molecule has 0 saturated heterocycles. The highest BCUT2D eigenvalue weighted by Crippen LogP contribution is 2.36. The molecule has 0 heterocycles. The van der Waals surface area contributed by atoms with E-state index in [0.29, 0.717) is 13.2 Å². The number of hydrogen-bond donors (Lipinski definition) is 1. The Kier molecular flexibility index (Phi) is 5.60. The van der Waals surface area contributed by atoms with Crippen molar-refractivity contribution in [3.8, 4) is 0 Å². The van der Waals surface area contributed by atoms with Gasteiger partial charge in [-0.1, -0.05) is 49.6 Å². The van der Waals surface area contributed by atoms with Gasteiger partial charge in [0.1, 0.15) is 0 Å². The van der Waals surface area contributed by atoms with Crippen molar-refractivity contribution in [1.82, 2.24) is 0 Å². The maximum atomic E-state index is 12.3. The number of ether oxygens (including phenoxy) is 1. The van der Waals surface area contributed by atoms with Crippen molar-refractivity contribution in [3.63, 3.8) is 0 Å². The first-order valence-corrected chi connectivity index (χ1v) is 7.68. The lowest BCUT2D eigenvalue weighted by Gasteiger charge is -2.33. The van der Waals surface area contributed by atoms with Gasteiger partial charge in [0.15, 0.2) is 0 Å². The smallest absolute Gasteiger partial charge is 0.313 e. The monoisotopic (exact) mass is 275 g/mol. The van der Waals surface area contributed by atoms with Crippen LogP contribution in [0.4, 0.5) is 0 Å². The predicted octanol–water partition coefficient (Wildman–Crippen LogP) is 3.07. The first kappa shape index (κ1) is 15.0. The lowest BCUT2D eigenvalue weighted by atomic mass is 9.74. The summed E-state index contributed by atoms with van der Waals surface area (Å²) in [5, 5.41) is 0. The summed E-state index contributed by atoms with van der Waals surface area (Å²) in [5.74, 6) is -0.0761. The Labute approximate surface area is 121 Å². The Hall–Kier alpha value is -1.35. The van der Waals surface area contributed by atoms with Gasteiger partial charge < -0.3 is 10.5 Å². The van der Waals surface area contributed by atoms with Crippen LogP contribution in [0.3, 0.4) is 0 Å². The number of rotatable bonds is 6. The van der Waals surface area contributed by atoms with Gasteiger partial charge in [-0.25, -0.2) is 0 Å². The number of hydrogen-bond acceptors (Lipinski definition) is 3. The van der Waals surface area contributed by atoms with Gasteiger partial charge in [0.25, 0.3) is 0 Å². The normalized spacial score (nSPS) is 17.6. The zero-order valence-electron chi connectivity index (χ0n) is 12.1. The zero-order chi connectivity index (χ0) is 14.3. The minimum absolute atomic E-state index is 0.0761. The van der Waals surface area contributed by atoms with E-state index in [2.05, 4.69) is 12.1 Å². The van der Waals surface area contributed by atoms with Crippen LogP contribution in [0.15, 0.2) is 30.3 Å². The van der Waals surface area contributed by atoms with Gasteiger partial charge in [-0.3, -0.25) is 4.79 Å². The van der Waals surface area contributed by atoms with Crippen LogP contribution in [-0.4, -0.2) is 19.1 Å². The second kappa shape index (κ2) is 7.44. The van der Waals surface area contributed by atoms with E-state index >= 15 is 0 Å². The predicted molar refractivity (Wildman–Crippen MR) is 80.3 cm³/mol. The summed E-state index contributed by atoms with van der Waals surface area (Å²) in [5.41, 5.74) is 6.72. The van der Waals surface area contributed by atoms with Gasteiger partial charge in [-0.2, -0.15) is 0 Å². The fourth-order valence-corrected chi connectivity index (χ4v) is 2.96. The van der Waals surface area contributed by atoms with E-state index in [9.17, 15) is 4.79 Å². The summed E-state index contributed by atoms with van der Waals surface area (Å²) >= 11 is 0. The van der Waals surface area contributed by atoms with Crippen molar-refractivity contribution in [2.45, 2.75) is 44.9 Å². The van der Waals surface area contributed by atoms with E-state index in [4.69, 9.17) is 10.5 Å². The standard InChI is InChI=1S/C17H25NO2/c18-14-17(11-5-2-6-12-17)16(19)20-13-7-10-15-8-3-1-4-9-15/h1,3-4,8-9H,2,5-7,10-14,18H2. The largest absolute Gasteiger partial charge is 0.465 e. The molecule has 1 aromatic carbocycles. The third-order valence-electron chi connectivity index (χ3n) is 4.32. The molecule has 0 aliphatic heterocycles. The average Bonchev–Trinajstić information content (AvgIpc) is 2.53. The first-order valence-electron chi connectivity index (χ1n) is 7.68. The van der Waals surface area contributed by atoms with Crippen LogP contribution in [0.5, 0.6) is 0 Å². The molecule has 0 unspecified atom stereocenters. The van der Waals surface area contributed by atoms with Crippen LogP contribution in [0.25, 0.3) is 0 Å². The van der Waals surface area contributed by atoms with Gasteiger partial charge in [-0.05, 0) is 31.2 Å². The van der Waals surface area contributed by atoms with Gasteiger partial charge in [0, 0.05) is 6.54 Å². The topological polar surface area (TPSA) is 52.3 Å². The van der Waals surface area contributed by atoms with Crippen LogP contribution in [0, 0.1) is 5.41 Å². The highest BCUT2D eigenvalue weighted by Gasteiger charge is 2.39. The van der Waals surface area contributed by atoms with E-state index in [0.717, 1.165) is 38.5 Å². The molecule has 1 aliphatic rings. The van der Waals surface area contributed by atoms with Gasteiger partial charge in [0.05, 0.1) is 12.0 Å². The molecule has 0 amide bonds. The van der Waals surface area contributed by atoms with Gasteiger partial charge >= 0.3 is 5.97 Å². The lowest BCUT2D eigenvalue weighted by molar-refractivity contribution is -0.157. The molecule has 0 atom stereocenters. The molecule has 2 rings (SSSR count). The van der Waals surface area contributed by atoms with Crippen LogP contribution in [-0.2, 0) is 16.0 Å². The van der Waals surface area contributed by atoms with Gasteiger partial charge in [0.2, 0.25) is 0 Å². The van der Waals surface area contributed by atoms with Crippen molar-refractivity contribution < 1.29 is 9.53 Å². The highest BCUT2D eigenvalue weighted by atomic mass is 16.5. The lowest BCUT2D eigenvalue weighted by Crippen LogP contribution is -2.41. The number of benzene rings is 1. The van der Waals surface area contributed by atoms with Gasteiger partial charge in [-0.15, -0.1) is 0 Å². The molecule has 20 heavy (non-hydrogen) atoms. The van der Waals surface area contributed by atoms with Crippen LogP contribution in [0.1, 0.15) is 44.1 Å². The Bertz CT molecular complexity index is 410. The molecule has 1 aliphatic carbocycles. The van der Waals surface area contributed by atoms with E-state index in [1.807, 2.05) is 18.2 Å². The van der Waals surface area contributed by atoms with E-state index in [1.54, 1.807) is 0 Å². The summed E-state index contributed by atoms with van der Waals surface area (Å²) < 4.78 is 5.48. The minimum Gasteiger partial charge on any atom is -0.465 e. The summed E-state index contributed by atoms with van der Waals surface area (Å²) in [6.45, 7) is 0.917. The molecular weight excluding hydrogens is 250 g/mol. The van der Waals surface area contributed by atoms with Crippen molar-refractivity contribution in [2.75, 3.05) is 13.2 Å². The second-order valence-electron chi connectivity index (χ2n) is 5.77. The molecule has 1 aromatic rings. The zero-order valence-corrected chi connectivity index (χ0v) is 12.1. The fourth-order valence-electron chi connectivity index (χ4n) is 2.96. The summed E-state index contributed by atoms with van der Waals surface area (Å²) in [6, 6.07) is 10.3. The molecule has 110 valence electrons. The van der Waals surface area contributed by atoms with E-state index in [1.165, 1.54) is 12.0 Å². The maximum absolute atomic E-state index is 12.3. The average molecular weight is 275 g/mol. The number of aryl methyl sites for hydroxylation is 1. The number of carbonyl (C=O) groups excluding carboxylic acids is 1. The first-order chi connectivity index (χ1) is 9.77. The molecule has 0 bridgehead atoms. The maximum Gasteiger partial charge on any atom is 0.313 e. The Balaban J connectivity index is 1.74. The van der Waals surface area contributed by atoms with E-state index < -0.39 is 5.41 Å². The molecule has 3 heteroatoms. The summed E-state index contributed by atoms with van der Waals surface area (Å²) in [6.07, 6.45) is 7.00. The van der Waals surface area contributed by atoms with Crippen molar-refractivity contribution >= 4 is 5.97 Å². The minimum atomic E-state index is -0.398. The van der Waals surface area contributed by atoms with E-state index in [-0.39, 0.29) is 5.97 Å². The molecule has 3 nitrogen and oxygen atoms in total. The molecule has 0 aromatic heterocycles. The third-order valence-corrected chi connectivity index (χ3v) is 4.32. The van der Waals surface area contributed by atoms with Crippen molar-refractivity contribution in [2.24, 2.45) is 11.1 Å². The Morgan fingerprint density at radius 2 is 1.85 bits per heavy atom. The molecule has 0 spiro atoms. The summed E-state index contributed by atoms with van der Waals surface area (Å²) in [4.78, 5) is 12.3. The van der Waals surface area contributed by atoms with Crippen LogP contribution < -0.4 is 5.73 Å². The number of nitrogens with two attached hydrogens (primary N) is 1.